The first-order valence-electron chi connectivity index (χ1n) is 20.1. The fourth-order valence-electron chi connectivity index (χ4n) is 7.08. The number of aryl methyl sites for hydroxylation is 4. The Morgan fingerprint density at radius 2 is 1.17 bits per heavy atom. The number of halogens is 3. The number of nitrogens with zero attached hydrogens (tertiary/aromatic N) is 9. The molecule has 0 bridgehead atoms. The summed E-state index contributed by atoms with van der Waals surface area (Å²) in [5, 5.41) is 11.6. The van der Waals surface area contributed by atoms with Crippen LogP contribution in [0.3, 0.4) is 0 Å². The molecule has 0 radical (unpaired) electrons. The second-order valence-electron chi connectivity index (χ2n) is 15.6. The number of rotatable bonds is 7. The molecular weight excluding hydrogens is 803 g/mol. The van der Waals surface area contributed by atoms with E-state index in [0.29, 0.717) is 27.3 Å². The molecule has 304 valence electrons. The van der Waals surface area contributed by atoms with Crippen LogP contribution in [0.1, 0.15) is 70.5 Å². The van der Waals surface area contributed by atoms with Gasteiger partial charge in [0.05, 0.1) is 32.8 Å². The SMILES string of the molecule is Cc1cnc(-c2cc(Cl)ncc2Cl)c(C)c1.Cc1cnc(-c2cc(N3CCc4nc(NC5CC5)ncc4C3)ncc2Cl)c(C)c1.c1nc(NC2CC2)nc2c1CNCC2. The van der Waals surface area contributed by atoms with Crippen LogP contribution >= 0.6 is 34.8 Å². The van der Waals surface area contributed by atoms with E-state index in [4.69, 9.17) is 39.8 Å². The van der Waals surface area contributed by atoms with Crippen molar-refractivity contribution < 1.29 is 0 Å². The molecule has 10 rings (SSSR count). The Kier molecular flexibility index (Phi) is 12.5. The van der Waals surface area contributed by atoms with Crippen molar-refractivity contribution in [1.29, 1.82) is 0 Å². The number of nitrogens with one attached hydrogen (secondary N) is 3. The number of fused-ring (bicyclic) bond motifs is 2. The molecule has 15 heteroatoms. The Balaban J connectivity index is 0.000000136. The van der Waals surface area contributed by atoms with Gasteiger partial charge in [0, 0.05) is 111 Å². The highest BCUT2D eigenvalue weighted by molar-refractivity contribution is 6.34. The monoisotopic (exact) mass is 848 g/mol. The smallest absolute Gasteiger partial charge is 0.223 e. The van der Waals surface area contributed by atoms with Gasteiger partial charge in [-0.25, -0.2) is 29.9 Å². The Bertz CT molecular complexity index is 2470. The molecule has 6 aromatic heterocycles. The zero-order valence-corrected chi connectivity index (χ0v) is 35.9. The fourth-order valence-corrected chi connectivity index (χ4v) is 7.62. The molecular formula is C44H47Cl3N12. The summed E-state index contributed by atoms with van der Waals surface area (Å²) in [5.41, 5.74) is 12.7. The topological polar surface area (TPSA) is 142 Å². The van der Waals surface area contributed by atoms with E-state index in [9.17, 15) is 0 Å². The van der Waals surface area contributed by atoms with Crippen LogP contribution < -0.4 is 20.9 Å². The minimum Gasteiger partial charge on any atom is -0.352 e. The Labute approximate surface area is 360 Å². The summed E-state index contributed by atoms with van der Waals surface area (Å²) in [7, 11) is 0. The maximum atomic E-state index is 6.48. The molecule has 12 nitrogen and oxygen atoms in total. The van der Waals surface area contributed by atoms with Gasteiger partial charge in [-0.05, 0) is 87.8 Å². The zero-order chi connectivity index (χ0) is 41.0. The van der Waals surface area contributed by atoms with E-state index in [1.165, 1.54) is 36.9 Å². The van der Waals surface area contributed by atoms with E-state index in [2.05, 4.69) is 74.8 Å². The highest BCUT2D eigenvalue weighted by Gasteiger charge is 2.25. The molecule has 0 amide bonds. The molecule has 4 aliphatic rings. The summed E-state index contributed by atoms with van der Waals surface area (Å²) in [6, 6.07) is 9.16. The highest BCUT2D eigenvalue weighted by atomic mass is 35.5. The molecule has 0 unspecified atom stereocenters. The summed E-state index contributed by atoms with van der Waals surface area (Å²) < 4.78 is 0. The molecule has 8 heterocycles. The molecule has 0 atom stereocenters. The van der Waals surface area contributed by atoms with E-state index < -0.39 is 0 Å². The Morgan fingerprint density at radius 3 is 1.76 bits per heavy atom. The second-order valence-corrected chi connectivity index (χ2v) is 16.8. The van der Waals surface area contributed by atoms with E-state index >= 15 is 0 Å². The number of aromatic nitrogens is 8. The lowest BCUT2D eigenvalue weighted by molar-refractivity contribution is 0.626. The molecule has 59 heavy (non-hydrogen) atoms. The van der Waals surface area contributed by atoms with Crippen LogP contribution in [0.25, 0.3) is 22.5 Å². The predicted octanol–water partition coefficient (Wildman–Crippen LogP) is 9.10. The molecule has 2 aliphatic carbocycles. The molecule has 3 N–H and O–H groups in total. The zero-order valence-electron chi connectivity index (χ0n) is 33.7. The van der Waals surface area contributed by atoms with Crippen molar-refractivity contribution in [2.45, 2.75) is 91.4 Å². The van der Waals surface area contributed by atoms with Crippen molar-refractivity contribution in [2.24, 2.45) is 0 Å². The third kappa shape index (κ3) is 10.4. The van der Waals surface area contributed by atoms with Crippen LogP contribution in [0, 0.1) is 27.7 Å². The largest absolute Gasteiger partial charge is 0.352 e. The predicted molar refractivity (Wildman–Crippen MR) is 236 cm³/mol. The van der Waals surface area contributed by atoms with Gasteiger partial charge in [0.1, 0.15) is 11.0 Å². The van der Waals surface area contributed by atoms with Crippen LogP contribution in [-0.2, 0) is 25.9 Å². The minimum atomic E-state index is 0.418. The van der Waals surface area contributed by atoms with Gasteiger partial charge in [0.25, 0.3) is 0 Å². The van der Waals surface area contributed by atoms with E-state index in [1.54, 1.807) is 18.5 Å². The lowest BCUT2D eigenvalue weighted by atomic mass is 10.0. The minimum absolute atomic E-state index is 0.418. The van der Waals surface area contributed by atoms with Crippen LogP contribution in [-0.4, -0.2) is 65.0 Å². The average molecular weight is 850 g/mol. The lowest BCUT2D eigenvalue weighted by Crippen LogP contribution is -2.32. The summed E-state index contributed by atoms with van der Waals surface area (Å²) >= 11 is 18.4. The first-order chi connectivity index (χ1) is 28.6. The Hall–Kier alpha value is -5.01. The summed E-state index contributed by atoms with van der Waals surface area (Å²) in [6.45, 7) is 11.7. The first kappa shape index (κ1) is 40.8. The van der Waals surface area contributed by atoms with Crippen LogP contribution in [0.4, 0.5) is 17.7 Å². The molecule has 0 saturated heterocycles. The van der Waals surface area contributed by atoms with Crippen molar-refractivity contribution in [3.63, 3.8) is 0 Å². The van der Waals surface area contributed by atoms with Gasteiger partial charge in [-0.2, -0.15) is 0 Å². The maximum absolute atomic E-state index is 6.48. The molecule has 6 aromatic rings. The number of hydrogen-bond donors (Lipinski definition) is 3. The van der Waals surface area contributed by atoms with Crippen molar-refractivity contribution in [3.8, 4) is 22.5 Å². The van der Waals surface area contributed by atoms with Crippen molar-refractivity contribution >= 4 is 52.5 Å². The molecule has 2 saturated carbocycles. The van der Waals surface area contributed by atoms with Crippen LogP contribution in [0.15, 0.2) is 61.4 Å². The third-order valence-corrected chi connectivity index (χ3v) is 11.3. The normalized spacial score (nSPS) is 15.5. The summed E-state index contributed by atoms with van der Waals surface area (Å²) in [5.74, 6) is 2.47. The fraction of sp³-hybridized carbons (Fsp3) is 0.364. The van der Waals surface area contributed by atoms with Gasteiger partial charge in [-0.1, -0.05) is 46.9 Å². The van der Waals surface area contributed by atoms with Gasteiger partial charge in [0.15, 0.2) is 0 Å². The Morgan fingerprint density at radius 1 is 0.610 bits per heavy atom. The average Bonchev–Trinajstić information content (AvgIpc) is 4.18. The number of pyridine rings is 4. The highest BCUT2D eigenvalue weighted by Crippen LogP contribution is 2.34. The third-order valence-electron chi connectivity index (χ3n) is 10.5. The van der Waals surface area contributed by atoms with Crippen LogP contribution in [0.2, 0.25) is 15.2 Å². The van der Waals surface area contributed by atoms with Gasteiger partial charge < -0.3 is 20.9 Å². The first-order valence-corrected chi connectivity index (χ1v) is 21.2. The summed E-state index contributed by atoms with van der Waals surface area (Å²) in [6.07, 6.45) is 17.7. The molecule has 2 fully saturated rings. The van der Waals surface area contributed by atoms with Crippen LogP contribution in [0.5, 0.6) is 0 Å². The van der Waals surface area contributed by atoms with Gasteiger partial charge in [0.2, 0.25) is 11.9 Å². The summed E-state index contributed by atoms with van der Waals surface area (Å²) in [4.78, 5) is 37.8. The molecule has 0 aromatic carbocycles. The van der Waals surface area contributed by atoms with E-state index in [-0.39, 0.29) is 0 Å². The van der Waals surface area contributed by atoms with E-state index in [1.807, 2.05) is 51.6 Å². The second kappa shape index (κ2) is 18.1. The van der Waals surface area contributed by atoms with Crippen molar-refractivity contribution in [1.82, 2.24) is 45.2 Å². The quantitative estimate of drug-likeness (QED) is 0.132. The maximum Gasteiger partial charge on any atom is 0.223 e. The van der Waals surface area contributed by atoms with Gasteiger partial charge >= 0.3 is 0 Å². The van der Waals surface area contributed by atoms with Gasteiger partial charge in [-0.3, -0.25) is 9.97 Å². The lowest BCUT2D eigenvalue weighted by Gasteiger charge is -2.29. The van der Waals surface area contributed by atoms with E-state index in [0.717, 1.165) is 113 Å². The number of anilines is 3. The standard InChI is InChI=1S/C22H23ClN6.C12H10Cl2N2.C10H14N4/c1-13-7-14(2)21(25-9-13)17-8-20(24-11-18(17)23)29-6-5-19-15(12-29)10-26-22(28-19)27-16-3-4-16;1-7-3-8(2)12(16-5-7)9-4-11(14)15-6-10(9)13;1-2-8(1)13-10-12-6-7-5-11-4-3-9(7)14-10/h7-11,16H,3-6,12H2,1-2H3,(H,26,27,28);3-6H,1-2H3;6,8,11H,1-5H2,(H,12,13,14). The number of hydrogen-bond acceptors (Lipinski definition) is 12. The molecule has 0 spiro atoms. The molecule has 2 aliphatic heterocycles. The van der Waals surface area contributed by atoms with Gasteiger partial charge in [-0.15, -0.1) is 0 Å². The van der Waals surface area contributed by atoms with Crippen molar-refractivity contribution in [3.05, 3.63) is 121 Å². The van der Waals surface area contributed by atoms with Crippen molar-refractivity contribution in [2.75, 3.05) is 28.6 Å².